The summed E-state index contributed by atoms with van der Waals surface area (Å²) in [4.78, 5) is 3.76. The molecule has 1 aromatic rings. The molecule has 1 rings (SSSR count). The lowest BCUT2D eigenvalue weighted by molar-refractivity contribution is 0.235. The number of rotatable bonds is 1. The maximum absolute atomic E-state index is 9.21. The van der Waals surface area contributed by atoms with Gasteiger partial charge in [-0.15, -0.1) is 0 Å². The van der Waals surface area contributed by atoms with Crippen molar-refractivity contribution >= 4 is 11.6 Å². The quantitative estimate of drug-likeness (QED) is 0.530. The molecule has 0 spiro atoms. The van der Waals surface area contributed by atoms with Gasteiger partial charge in [0.1, 0.15) is 5.15 Å². The van der Waals surface area contributed by atoms with Gasteiger partial charge in [0.25, 0.3) is 0 Å². The number of hydrogen-bond donors (Lipinski definition) is 1. The summed E-state index contributed by atoms with van der Waals surface area (Å²) in [6, 6.07) is 3.39. The normalized spacial score (nSPS) is 12.2. The van der Waals surface area contributed by atoms with Crippen LogP contribution in [0.25, 0.3) is 0 Å². The number of aliphatic hydroxyl groups is 1. The second-order valence-electron chi connectivity index (χ2n) is 2.36. The van der Waals surface area contributed by atoms with Gasteiger partial charge in [0.05, 0.1) is 6.07 Å². The fourth-order valence-corrected chi connectivity index (χ4v) is 1.24. The van der Waals surface area contributed by atoms with E-state index in [0.29, 0.717) is 5.56 Å². The molecule has 0 aliphatic rings. The maximum Gasteiger partial charge on any atom is 0.169 e. The smallest absolute Gasteiger partial charge is 0.169 e. The SMILES string of the molecule is Cc1ccnc(Cl)c1C(O)C#N. The lowest BCUT2D eigenvalue weighted by Crippen LogP contribution is -1.99. The van der Waals surface area contributed by atoms with Crippen molar-refractivity contribution < 1.29 is 5.11 Å². The first-order valence-corrected chi connectivity index (χ1v) is 3.73. The van der Waals surface area contributed by atoms with E-state index in [1.807, 2.05) is 0 Å². The Labute approximate surface area is 75.2 Å². The molecule has 0 aliphatic heterocycles. The molecule has 1 N–H and O–H groups in total. The van der Waals surface area contributed by atoms with E-state index in [1.165, 1.54) is 6.20 Å². The summed E-state index contributed by atoms with van der Waals surface area (Å²) in [6.07, 6.45) is 0.344. The number of aryl methyl sites for hydroxylation is 1. The highest BCUT2D eigenvalue weighted by atomic mass is 35.5. The van der Waals surface area contributed by atoms with Gasteiger partial charge in [-0.25, -0.2) is 4.98 Å². The largest absolute Gasteiger partial charge is 0.374 e. The number of halogens is 1. The van der Waals surface area contributed by atoms with Crippen LogP contribution < -0.4 is 0 Å². The van der Waals surface area contributed by atoms with Gasteiger partial charge >= 0.3 is 0 Å². The van der Waals surface area contributed by atoms with E-state index in [9.17, 15) is 5.11 Å². The Hall–Kier alpha value is -1.11. The summed E-state index contributed by atoms with van der Waals surface area (Å²) in [5.74, 6) is 0. The highest BCUT2D eigenvalue weighted by Crippen LogP contribution is 2.23. The predicted molar refractivity (Wildman–Crippen MR) is 44.6 cm³/mol. The van der Waals surface area contributed by atoms with E-state index < -0.39 is 6.10 Å². The summed E-state index contributed by atoms with van der Waals surface area (Å²) in [5, 5.41) is 17.8. The molecular formula is C8H7ClN2O. The zero-order valence-corrected chi connectivity index (χ0v) is 7.21. The molecule has 1 heterocycles. The van der Waals surface area contributed by atoms with Crippen LogP contribution in [0.1, 0.15) is 17.2 Å². The number of aromatic nitrogens is 1. The number of aliphatic hydroxyl groups excluding tert-OH is 1. The van der Waals surface area contributed by atoms with Crippen molar-refractivity contribution in [2.24, 2.45) is 0 Å². The maximum atomic E-state index is 9.21. The first-order valence-electron chi connectivity index (χ1n) is 3.35. The molecule has 3 nitrogen and oxygen atoms in total. The van der Waals surface area contributed by atoms with E-state index in [1.54, 1.807) is 19.1 Å². The van der Waals surface area contributed by atoms with E-state index in [0.717, 1.165) is 5.56 Å². The average Bonchev–Trinajstić information content (AvgIpc) is 2.03. The molecule has 1 atom stereocenters. The van der Waals surface area contributed by atoms with Gasteiger partial charge in [0, 0.05) is 11.8 Å². The Morgan fingerprint density at radius 2 is 2.42 bits per heavy atom. The minimum absolute atomic E-state index is 0.184. The third kappa shape index (κ3) is 1.55. The molecule has 1 unspecified atom stereocenters. The van der Waals surface area contributed by atoms with Crippen molar-refractivity contribution in [3.8, 4) is 6.07 Å². The van der Waals surface area contributed by atoms with Gasteiger partial charge in [0.15, 0.2) is 6.10 Å². The molecule has 0 radical (unpaired) electrons. The number of hydrogen-bond acceptors (Lipinski definition) is 3. The van der Waals surface area contributed by atoms with Crippen LogP contribution in [0.15, 0.2) is 12.3 Å². The van der Waals surface area contributed by atoms with Crippen molar-refractivity contribution in [2.45, 2.75) is 13.0 Å². The highest BCUT2D eigenvalue weighted by Gasteiger charge is 2.13. The van der Waals surface area contributed by atoms with Crippen LogP contribution in [0.3, 0.4) is 0 Å². The topological polar surface area (TPSA) is 56.9 Å². The van der Waals surface area contributed by atoms with Gasteiger partial charge < -0.3 is 5.11 Å². The van der Waals surface area contributed by atoms with Crippen LogP contribution in [0, 0.1) is 18.3 Å². The van der Waals surface area contributed by atoms with Gasteiger partial charge in [0.2, 0.25) is 0 Å². The highest BCUT2D eigenvalue weighted by molar-refractivity contribution is 6.30. The van der Waals surface area contributed by atoms with E-state index in [-0.39, 0.29) is 5.15 Å². The van der Waals surface area contributed by atoms with Crippen molar-refractivity contribution in [1.29, 1.82) is 5.26 Å². The van der Waals surface area contributed by atoms with Gasteiger partial charge in [-0.2, -0.15) is 5.26 Å². The fraction of sp³-hybridized carbons (Fsp3) is 0.250. The summed E-state index contributed by atoms with van der Waals surface area (Å²) in [5.41, 5.74) is 1.16. The zero-order chi connectivity index (χ0) is 9.14. The molecule has 0 saturated heterocycles. The molecule has 4 heteroatoms. The Bertz CT molecular complexity index is 312. The van der Waals surface area contributed by atoms with Crippen molar-refractivity contribution in [1.82, 2.24) is 4.98 Å². The molecule has 0 amide bonds. The minimum Gasteiger partial charge on any atom is -0.374 e. The Morgan fingerprint density at radius 3 is 2.92 bits per heavy atom. The van der Waals surface area contributed by atoms with Crippen molar-refractivity contribution in [2.75, 3.05) is 0 Å². The minimum atomic E-state index is -1.19. The van der Waals surface area contributed by atoms with Crippen molar-refractivity contribution in [3.05, 3.63) is 28.5 Å². The van der Waals surface area contributed by atoms with Crippen LogP contribution >= 0.6 is 11.6 Å². The molecule has 0 fully saturated rings. The molecule has 0 aliphatic carbocycles. The number of pyridine rings is 1. The third-order valence-corrected chi connectivity index (χ3v) is 1.86. The molecular weight excluding hydrogens is 176 g/mol. The third-order valence-electron chi connectivity index (χ3n) is 1.56. The standard InChI is InChI=1S/C8H7ClN2O/c1-5-2-3-11-8(9)7(5)6(12)4-10/h2-3,6,12H,1H3. The molecule has 1 aromatic heterocycles. The van der Waals surface area contributed by atoms with Crippen LogP contribution in [0.4, 0.5) is 0 Å². The van der Waals surface area contributed by atoms with Gasteiger partial charge in [-0.05, 0) is 18.6 Å². The summed E-state index contributed by atoms with van der Waals surface area (Å²) >= 11 is 5.68. The fourth-order valence-electron chi connectivity index (χ4n) is 0.930. The number of nitriles is 1. The van der Waals surface area contributed by atoms with Crippen LogP contribution in [-0.4, -0.2) is 10.1 Å². The number of nitrogens with zero attached hydrogens (tertiary/aromatic N) is 2. The second-order valence-corrected chi connectivity index (χ2v) is 2.72. The second kappa shape index (κ2) is 3.53. The molecule has 0 aromatic carbocycles. The Kier molecular flexibility index (Phi) is 2.64. The van der Waals surface area contributed by atoms with E-state index >= 15 is 0 Å². The van der Waals surface area contributed by atoms with Gasteiger partial charge in [-0.3, -0.25) is 0 Å². The molecule has 62 valence electrons. The molecule has 12 heavy (non-hydrogen) atoms. The zero-order valence-electron chi connectivity index (χ0n) is 6.45. The van der Waals surface area contributed by atoms with E-state index in [2.05, 4.69) is 4.98 Å². The van der Waals surface area contributed by atoms with Crippen molar-refractivity contribution in [3.63, 3.8) is 0 Å². The predicted octanol–water partition coefficient (Wildman–Crippen LogP) is 1.60. The lowest BCUT2D eigenvalue weighted by atomic mass is 10.1. The van der Waals surface area contributed by atoms with Crippen LogP contribution in [0.5, 0.6) is 0 Å². The summed E-state index contributed by atoms with van der Waals surface area (Å²) in [6.45, 7) is 1.77. The molecule has 0 bridgehead atoms. The van der Waals surface area contributed by atoms with Gasteiger partial charge in [-0.1, -0.05) is 11.6 Å². The van der Waals surface area contributed by atoms with E-state index in [4.69, 9.17) is 16.9 Å². The van der Waals surface area contributed by atoms with Crippen LogP contribution in [-0.2, 0) is 0 Å². The summed E-state index contributed by atoms with van der Waals surface area (Å²) in [7, 11) is 0. The molecule has 0 saturated carbocycles. The first kappa shape index (κ1) is 8.98. The Balaban J connectivity index is 3.23. The summed E-state index contributed by atoms with van der Waals surface area (Å²) < 4.78 is 0. The Morgan fingerprint density at radius 1 is 1.75 bits per heavy atom. The monoisotopic (exact) mass is 182 g/mol. The lowest BCUT2D eigenvalue weighted by Gasteiger charge is -2.06. The first-order chi connectivity index (χ1) is 5.66. The average molecular weight is 183 g/mol. The van der Waals surface area contributed by atoms with Crippen LogP contribution in [0.2, 0.25) is 5.15 Å².